The highest BCUT2D eigenvalue weighted by Gasteiger charge is 2.23. The molecule has 3 rings (SSSR count). The minimum Gasteiger partial charge on any atom is -0.452 e. The van der Waals surface area contributed by atoms with Crippen LogP contribution in [0.1, 0.15) is 48.5 Å². The Bertz CT molecular complexity index is 993. The van der Waals surface area contributed by atoms with E-state index in [9.17, 15) is 19.2 Å². The summed E-state index contributed by atoms with van der Waals surface area (Å²) < 4.78 is 5.06. The molecule has 4 amide bonds. The summed E-state index contributed by atoms with van der Waals surface area (Å²) in [5.41, 5.74) is 1.24. The second kappa shape index (κ2) is 11.8. The molecule has 1 aliphatic carbocycles. The van der Waals surface area contributed by atoms with Gasteiger partial charge in [-0.15, -0.1) is 0 Å². The molecule has 2 aromatic carbocycles. The first-order valence-electron chi connectivity index (χ1n) is 11.1. The number of para-hydroxylation sites is 1. The van der Waals surface area contributed by atoms with Gasteiger partial charge in [0.2, 0.25) is 5.91 Å². The van der Waals surface area contributed by atoms with Crippen molar-refractivity contribution in [1.82, 2.24) is 10.6 Å². The quantitative estimate of drug-likeness (QED) is 0.558. The maximum atomic E-state index is 12.5. The highest BCUT2D eigenvalue weighted by atomic mass is 16.5. The van der Waals surface area contributed by atoms with Gasteiger partial charge in [-0.2, -0.15) is 0 Å². The molecule has 0 spiro atoms. The Hall–Kier alpha value is -3.68. The number of rotatable bonds is 7. The minimum absolute atomic E-state index is 0.0282. The average Bonchev–Trinajstić information content (AvgIpc) is 2.80. The van der Waals surface area contributed by atoms with Gasteiger partial charge in [-0.1, -0.05) is 62.2 Å². The van der Waals surface area contributed by atoms with E-state index in [0.29, 0.717) is 5.92 Å². The number of urea groups is 1. The van der Waals surface area contributed by atoms with Crippen molar-refractivity contribution in [2.24, 2.45) is 5.92 Å². The smallest absolute Gasteiger partial charge is 0.340 e. The van der Waals surface area contributed by atoms with Gasteiger partial charge < -0.3 is 15.4 Å². The molecule has 2 unspecified atom stereocenters. The average molecular weight is 452 g/mol. The maximum Gasteiger partial charge on any atom is 0.340 e. The van der Waals surface area contributed by atoms with Crippen molar-refractivity contribution < 1.29 is 23.9 Å². The van der Waals surface area contributed by atoms with Gasteiger partial charge in [0.15, 0.2) is 6.61 Å². The first kappa shape index (κ1) is 24.0. The predicted octanol–water partition coefficient (Wildman–Crippen LogP) is 3.43. The van der Waals surface area contributed by atoms with Crippen LogP contribution < -0.4 is 16.0 Å². The number of ether oxygens (including phenoxy) is 1. The molecule has 1 saturated carbocycles. The summed E-state index contributed by atoms with van der Waals surface area (Å²) in [6.45, 7) is 1.46. The van der Waals surface area contributed by atoms with Crippen molar-refractivity contribution in [3.05, 3.63) is 65.7 Å². The summed E-state index contributed by atoms with van der Waals surface area (Å²) >= 11 is 0. The molecule has 3 N–H and O–H groups in total. The van der Waals surface area contributed by atoms with Crippen molar-refractivity contribution in [2.45, 2.75) is 45.1 Å². The van der Waals surface area contributed by atoms with E-state index in [1.165, 1.54) is 6.07 Å². The summed E-state index contributed by atoms with van der Waals surface area (Å²) in [5, 5.41) is 7.71. The minimum atomic E-state index is -0.776. The zero-order valence-electron chi connectivity index (χ0n) is 18.6. The van der Waals surface area contributed by atoms with Crippen molar-refractivity contribution in [3.63, 3.8) is 0 Å². The maximum absolute atomic E-state index is 12.5. The molecule has 1 aliphatic rings. The third kappa shape index (κ3) is 7.45. The molecule has 2 atom stereocenters. The van der Waals surface area contributed by atoms with Gasteiger partial charge in [-0.3, -0.25) is 14.9 Å². The van der Waals surface area contributed by atoms with Crippen molar-refractivity contribution in [2.75, 3.05) is 11.9 Å². The lowest BCUT2D eigenvalue weighted by Gasteiger charge is -2.29. The highest BCUT2D eigenvalue weighted by molar-refractivity contribution is 6.02. The van der Waals surface area contributed by atoms with Crippen LogP contribution >= 0.6 is 0 Å². The van der Waals surface area contributed by atoms with Crippen LogP contribution in [0, 0.1) is 5.92 Å². The largest absolute Gasteiger partial charge is 0.452 e. The zero-order chi connectivity index (χ0) is 23.6. The van der Waals surface area contributed by atoms with E-state index in [4.69, 9.17) is 4.74 Å². The van der Waals surface area contributed by atoms with Gasteiger partial charge in [0, 0.05) is 6.04 Å². The molecule has 0 radical (unpaired) electrons. The van der Waals surface area contributed by atoms with Crippen LogP contribution in [0.4, 0.5) is 10.5 Å². The Morgan fingerprint density at radius 2 is 1.61 bits per heavy atom. The van der Waals surface area contributed by atoms with Crippen molar-refractivity contribution in [1.29, 1.82) is 0 Å². The lowest BCUT2D eigenvalue weighted by Crippen LogP contribution is -2.48. The van der Waals surface area contributed by atoms with E-state index in [0.717, 1.165) is 31.2 Å². The van der Waals surface area contributed by atoms with Gasteiger partial charge in [0.05, 0.1) is 17.7 Å². The second-order valence-corrected chi connectivity index (χ2v) is 8.22. The fraction of sp³-hybridized carbons (Fsp3) is 0.360. The third-order valence-electron chi connectivity index (χ3n) is 5.64. The Labute approximate surface area is 193 Å². The molecule has 0 heterocycles. The molecular weight excluding hydrogens is 422 g/mol. The van der Waals surface area contributed by atoms with Crippen LogP contribution in [-0.2, 0) is 20.7 Å². The van der Waals surface area contributed by atoms with Crippen molar-refractivity contribution in [3.8, 4) is 0 Å². The fourth-order valence-electron chi connectivity index (χ4n) is 3.85. The molecule has 174 valence electrons. The van der Waals surface area contributed by atoms with Gasteiger partial charge >= 0.3 is 12.0 Å². The number of carbonyl (C=O) groups excluding carboxylic acids is 4. The molecule has 8 nitrogen and oxygen atoms in total. The molecule has 8 heteroatoms. The van der Waals surface area contributed by atoms with E-state index < -0.39 is 24.5 Å². The topological polar surface area (TPSA) is 114 Å². The van der Waals surface area contributed by atoms with Crippen LogP contribution in [0.2, 0.25) is 0 Å². The summed E-state index contributed by atoms with van der Waals surface area (Å²) in [6, 6.07) is 15.0. The Balaban J connectivity index is 1.49. The molecule has 0 aromatic heterocycles. The number of amides is 4. The standard InChI is InChI=1S/C25H29N3O5/c1-17-9-5-7-13-20(17)27-25(32)28-23(30)16-33-24(31)19-12-6-8-14-21(19)26-22(29)15-18-10-3-2-4-11-18/h2-4,6,8,10-12,14,17,20H,5,7,9,13,15-16H2,1H3,(H,26,29)(H2,27,28,30,32). The lowest BCUT2D eigenvalue weighted by atomic mass is 9.86. The Morgan fingerprint density at radius 1 is 0.909 bits per heavy atom. The molecule has 0 bridgehead atoms. The van der Waals surface area contributed by atoms with E-state index in [1.807, 2.05) is 30.3 Å². The summed E-state index contributed by atoms with van der Waals surface area (Å²) in [4.78, 5) is 49.0. The summed E-state index contributed by atoms with van der Waals surface area (Å²) in [5.74, 6) is -1.43. The molecule has 0 aliphatic heterocycles. The number of carbonyl (C=O) groups is 4. The van der Waals surface area contributed by atoms with Crippen LogP contribution in [0.3, 0.4) is 0 Å². The molecule has 1 fully saturated rings. The van der Waals surface area contributed by atoms with E-state index in [1.54, 1.807) is 18.2 Å². The van der Waals surface area contributed by atoms with Gasteiger partial charge in [0.1, 0.15) is 0 Å². The van der Waals surface area contributed by atoms with Crippen LogP contribution in [0.15, 0.2) is 54.6 Å². The van der Waals surface area contributed by atoms with E-state index in [-0.39, 0.29) is 29.6 Å². The van der Waals surface area contributed by atoms with Crippen LogP contribution in [0.5, 0.6) is 0 Å². The molecule has 33 heavy (non-hydrogen) atoms. The Kier molecular flexibility index (Phi) is 8.57. The third-order valence-corrected chi connectivity index (χ3v) is 5.64. The number of hydrogen-bond donors (Lipinski definition) is 3. The SMILES string of the molecule is CC1CCCCC1NC(=O)NC(=O)COC(=O)c1ccccc1NC(=O)Cc1ccccc1. The first-order chi connectivity index (χ1) is 15.9. The number of nitrogens with one attached hydrogen (secondary N) is 3. The number of esters is 1. The number of hydrogen-bond acceptors (Lipinski definition) is 5. The van der Waals surface area contributed by atoms with E-state index in [2.05, 4.69) is 22.9 Å². The highest BCUT2D eigenvalue weighted by Crippen LogP contribution is 2.23. The molecular formula is C25H29N3O5. The monoisotopic (exact) mass is 451 g/mol. The number of anilines is 1. The molecule has 2 aromatic rings. The lowest BCUT2D eigenvalue weighted by molar-refractivity contribution is -0.123. The van der Waals surface area contributed by atoms with Crippen molar-refractivity contribution >= 4 is 29.5 Å². The van der Waals surface area contributed by atoms with Gasteiger partial charge in [-0.25, -0.2) is 9.59 Å². The number of benzene rings is 2. The van der Waals surface area contributed by atoms with Crippen LogP contribution in [-0.4, -0.2) is 36.5 Å². The number of imide groups is 1. The van der Waals surface area contributed by atoms with Gasteiger partial charge in [-0.05, 0) is 36.5 Å². The van der Waals surface area contributed by atoms with Gasteiger partial charge in [0.25, 0.3) is 5.91 Å². The Morgan fingerprint density at radius 3 is 2.36 bits per heavy atom. The summed E-state index contributed by atoms with van der Waals surface area (Å²) in [6.07, 6.45) is 4.26. The zero-order valence-corrected chi connectivity index (χ0v) is 18.6. The summed E-state index contributed by atoms with van der Waals surface area (Å²) in [7, 11) is 0. The molecule has 0 saturated heterocycles. The van der Waals surface area contributed by atoms with E-state index >= 15 is 0 Å². The first-order valence-corrected chi connectivity index (χ1v) is 11.1. The fourth-order valence-corrected chi connectivity index (χ4v) is 3.85. The normalized spacial score (nSPS) is 17.5. The predicted molar refractivity (Wildman–Crippen MR) is 124 cm³/mol. The second-order valence-electron chi connectivity index (χ2n) is 8.22. The van der Waals surface area contributed by atoms with Crippen LogP contribution in [0.25, 0.3) is 0 Å².